The summed E-state index contributed by atoms with van der Waals surface area (Å²) in [6.45, 7) is 0.898. The number of anilines is 2. The lowest BCUT2D eigenvalue weighted by Gasteiger charge is -2.22. The van der Waals surface area contributed by atoms with E-state index in [4.69, 9.17) is 0 Å². The van der Waals surface area contributed by atoms with Crippen molar-refractivity contribution in [3.05, 3.63) is 24.3 Å². The van der Waals surface area contributed by atoms with Gasteiger partial charge in [-0.25, -0.2) is 0 Å². The maximum absolute atomic E-state index is 12.2. The molecule has 3 rings (SSSR count). The number of hydrogen-bond acceptors (Lipinski definition) is 3. The predicted octanol–water partition coefficient (Wildman–Crippen LogP) is 2.54. The maximum atomic E-state index is 12.2. The van der Waals surface area contributed by atoms with Gasteiger partial charge in [0.1, 0.15) is 0 Å². The van der Waals surface area contributed by atoms with Gasteiger partial charge in [-0.1, -0.05) is 12.5 Å². The molecule has 0 aromatic heterocycles. The minimum Gasteiger partial charge on any atom is -0.326 e. The molecule has 2 amide bonds. The lowest BCUT2D eigenvalue weighted by Crippen LogP contribution is -2.43. The number of piperidine rings is 1. The monoisotopic (exact) mass is 323 g/mol. The number of benzene rings is 1. The van der Waals surface area contributed by atoms with Crippen molar-refractivity contribution >= 4 is 35.6 Å². The van der Waals surface area contributed by atoms with Gasteiger partial charge in [0.15, 0.2) is 0 Å². The van der Waals surface area contributed by atoms with Gasteiger partial charge in [0.05, 0.1) is 6.04 Å². The Morgan fingerprint density at radius 1 is 1.00 bits per heavy atom. The summed E-state index contributed by atoms with van der Waals surface area (Å²) in [5, 5.41) is 9.04. The second-order valence-corrected chi connectivity index (χ2v) is 5.84. The van der Waals surface area contributed by atoms with Crippen molar-refractivity contribution in [3.8, 4) is 0 Å². The van der Waals surface area contributed by atoms with Crippen LogP contribution < -0.4 is 16.0 Å². The molecule has 0 bridgehead atoms. The SMILES string of the molecule is Cl.O=C(Nc1cccc(NC(=O)[C@H]2CCCCN2)c1)C1CC1. The van der Waals surface area contributed by atoms with Gasteiger partial charge in [0, 0.05) is 17.3 Å². The third kappa shape index (κ3) is 4.45. The summed E-state index contributed by atoms with van der Waals surface area (Å²) in [7, 11) is 0. The van der Waals surface area contributed by atoms with Crippen LogP contribution in [-0.4, -0.2) is 24.4 Å². The molecule has 1 saturated heterocycles. The molecule has 6 heteroatoms. The van der Waals surface area contributed by atoms with Crippen LogP contribution in [0.3, 0.4) is 0 Å². The van der Waals surface area contributed by atoms with Crippen LogP contribution in [0.25, 0.3) is 0 Å². The first-order valence-electron chi connectivity index (χ1n) is 7.67. The summed E-state index contributed by atoms with van der Waals surface area (Å²) < 4.78 is 0. The van der Waals surface area contributed by atoms with Crippen LogP contribution in [-0.2, 0) is 9.59 Å². The van der Waals surface area contributed by atoms with Crippen molar-refractivity contribution in [2.45, 2.75) is 38.1 Å². The highest BCUT2D eigenvalue weighted by Crippen LogP contribution is 2.30. The average Bonchev–Trinajstić information content (AvgIpc) is 3.33. The zero-order valence-electron chi connectivity index (χ0n) is 12.4. The Hall–Kier alpha value is -1.59. The van der Waals surface area contributed by atoms with Gasteiger partial charge in [-0.2, -0.15) is 0 Å². The molecular formula is C16H22ClN3O2. The smallest absolute Gasteiger partial charge is 0.241 e. The second-order valence-electron chi connectivity index (χ2n) is 5.84. The van der Waals surface area contributed by atoms with Gasteiger partial charge < -0.3 is 16.0 Å². The van der Waals surface area contributed by atoms with Crippen LogP contribution in [0.15, 0.2) is 24.3 Å². The first-order chi connectivity index (χ1) is 10.2. The number of halogens is 1. The average molecular weight is 324 g/mol. The van der Waals surface area contributed by atoms with Crippen molar-refractivity contribution in [1.29, 1.82) is 0 Å². The Balaban J connectivity index is 0.00000176. The zero-order chi connectivity index (χ0) is 14.7. The highest BCUT2D eigenvalue weighted by Gasteiger charge is 2.29. The minimum absolute atomic E-state index is 0. The molecule has 1 aliphatic heterocycles. The van der Waals surface area contributed by atoms with Gasteiger partial charge in [0.25, 0.3) is 0 Å². The fourth-order valence-electron chi connectivity index (χ4n) is 2.57. The standard InChI is InChI=1S/C16H21N3O2.ClH/c20-15(11-7-8-11)18-12-4-3-5-13(10-12)19-16(21)14-6-1-2-9-17-14;/h3-5,10-11,14,17H,1-2,6-9H2,(H,18,20)(H,19,21);1H/t14-;/m1./s1. The summed E-state index contributed by atoms with van der Waals surface area (Å²) in [5.41, 5.74) is 1.46. The van der Waals surface area contributed by atoms with E-state index in [1.165, 1.54) is 0 Å². The molecule has 22 heavy (non-hydrogen) atoms. The summed E-state index contributed by atoms with van der Waals surface area (Å²) in [6.07, 6.45) is 5.06. The van der Waals surface area contributed by atoms with Crippen molar-refractivity contribution in [3.63, 3.8) is 0 Å². The van der Waals surface area contributed by atoms with Crippen molar-refractivity contribution < 1.29 is 9.59 Å². The molecule has 0 radical (unpaired) electrons. The van der Waals surface area contributed by atoms with Crippen LogP contribution in [0.1, 0.15) is 32.1 Å². The van der Waals surface area contributed by atoms with Crippen LogP contribution in [0.2, 0.25) is 0 Å². The Labute approximate surface area is 136 Å². The Morgan fingerprint density at radius 2 is 1.68 bits per heavy atom. The van der Waals surface area contributed by atoms with Crippen LogP contribution in [0.4, 0.5) is 11.4 Å². The molecule has 0 unspecified atom stereocenters. The summed E-state index contributed by atoms with van der Waals surface area (Å²) >= 11 is 0. The number of amides is 2. The first-order valence-corrected chi connectivity index (χ1v) is 7.67. The quantitative estimate of drug-likeness (QED) is 0.797. The molecule has 0 spiro atoms. The lowest BCUT2D eigenvalue weighted by atomic mass is 10.0. The highest BCUT2D eigenvalue weighted by molar-refractivity contribution is 5.97. The predicted molar refractivity (Wildman–Crippen MR) is 89.3 cm³/mol. The van der Waals surface area contributed by atoms with Crippen molar-refractivity contribution in [1.82, 2.24) is 5.32 Å². The topological polar surface area (TPSA) is 70.2 Å². The summed E-state index contributed by atoms with van der Waals surface area (Å²) in [4.78, 5) is 23.9. The number of rotatable bonds is 4. The number of nitrogens with one attached hydrogen (secondary N) is 3. The molecule has 3 N–H and O–H groups in total. The maximum Gasteiger partial charge on any atom is 0.241 e. The van der Waals surface area contributed by atoms with Crippen LogP contribution >= 0.6 is 12.4 Å². The molecule has 2 fully saturated rings. The fraction of sp³-hybridized carbons (Fsp3) is 0.500. The van der Waals surface area contributed by atoms with Crippen LogP contribution in [0, 0.1) is 5.92 Å². The highest BCUT2D eigenvalue weighted by atomic mass is 35.5. The number of hydrogen-bond donors (Lipinski definition) is 3. The van der Waals surface area contributed by atoms with Gasteiger partial charge in [-0.15, -0.1) is 12.4 Å². The molecule has 120 valence electrons. The number of carbonyl (C=O) groups is 2. The molecule has 1 aliphatic carbocycles. The molecular weight excluding hydrogens is 302 g/mol. The van der Waals surface area contributed by atoms with Gasteiger partial charge in [0.2, 0.25) is 11.8 Å². The van der Waals surface area contributed by atoms with Gasteiger partial charge in [-0.05, 0) is 50.4 Å². The number of carbonyl (C=O) groups excluding carboxylic acids is 2. The fourth-order valence-corrected chi connectivity index (χ4v) is 2.57. The zero-order valence-corrected chi connectivity index (χ0v) is 13.2. The van der Waals surface area contributed by atoms with Crippen molar-refractivity contribution in [2.75, 3.05) is 17.2 Å². The minimum atomic E-state index is -0.108. The van der Waals surface area contributed by atoms with E-state index in [2.05, 4.69) is 16.0 Å². The third-order valence-electron chi connectivity index (χ3n) is 3.97. The van der Waals surface area contributed by atoms with E-state index in [0.717, 1.165) is 50.0 Å². The summed E-state index contributed by atoms with van der Waals surface area (Å²) in [5.74, 6) is 0.252. The molecule has 2 aliphatic rings. The van der Waals surface area contributed by atoms with Gasteiger partial charge >= 0.3 is 0 Å². The Morgan fingerprint density at radius 3 is 2.27 bits per heavy atom. The van der Waals surface area contributed by atoms with E-state index in [0.29, 0.717) is 0 Å². The first kappa shape index (κ1) is 16.8. The van der Waals surface area contributed by atoms with E-state index in [9.17, 15) is 9.59 Å². The van der Waals surface area contributed by atoms with E-state index < -0.39 is 0 Å². The lowest BCUT2D eigenvalue weighted by molar-refractivity contribution is -0.119. The van der Waals surface area contributed by atoms with E-state index in [1.807, 2.05) is 18.2 Å². The normalized spacial score (nSPS) is 20.6. The molecule has 1 atom stereocenters. The van der Waals surface area contributed by atoms with Crippen molar-refractivity contribution in [2.24, 2.45) is 5.92 Å². The largest absolute Gasteiger partial charge is 0.326 e. The van der Waals surface area contributed by atoms with E-state index in [-0.39, 0.29) is 36.2 Å². The molecule has 1 aromatic carbocycles. The molecule has 5 nitrogen and oxygen atoms in total. The van der Waals surface area contributed by atoms with Crippen LogP contribution in [0.5, 0.6) is 0 Å². The Kier molecular flexibility index (Phi) is 5.80. The molecule has 1 heterocycles. The third-order valence-corrected chi connectivity index (χ3v) is 3.97. The van der Waals surface area contributed by atoms with Gasteiger partial charge in [-0.3, -0.25) is 9.59 Å². The van der Waals surface area contributed by atoms with E-state index in [1.54, 1.807) is 6.07 Å². The van der Waals surface area contributed by atoms with E-state index >= 15 is 0 Å². The molecule has 1 aromatic rings. The summed E-state index contributed by atoms with van der Waals surface area (Å²) in [6, 6.07) is 7.22. The Bertz CT molecular complexity index is 540. The second kappa shape index (κ2) is 7.61. The molecule has 1 saturated carbocycles.